The van der Waals surface area contributed by atoms with Crippen LogP contribution in [0.5, 0.6) is 0 Å². The smallest absolute Gasteiger partial charge is 0.247 e. The van der Waals surface area contributed by atoms with Crippen LogP contribution in [0.1, 0.15) is 0 Å². The molecule has 0 radical (unpaired) electrons. The summed E-state index contributed by atoms with van der Waals surface area (Å²) >= 11 is 3.86. The van der Waals surface area contributed by atoms with Gasteiger partial charge in [0.25, 0.3) is 0 Å². The first-order valence-electron chi connectivity index (χ1n) is 18.6. The highest BCUT2D eigenvalue weighted by molar-refractivity contribution is 8.01. The molecule has 1 spiro atoms. The van der Waals surface area contributed by atoms with Crippen molar-refractivity contribution < 1.29 is 0 Å². The van der Waals surface area contributed by atoms with E-state index < -0.39 is 8.07 Å². The number of benzene rings is 8. The molecular formula is C48H31BN2S2Si. The van der Waals surface area contributed by atoms with Gasteiger partial charge in [-0.2, -0.15) is 0 Å². The van der Waals surface area contributed by atoms with Crippen molar-refractivity contribution in [2.45, 2.75) is 19.6 Å². The van der Waals surface area contributed by atoms with Gasteiger partial charge in [0.1, 0.15) is 0 Å². The molecule has 54 heavy (non-hydrogen) atoms. The van der Waals surface area contributed by atoms with E-state index in [0.717, 1.165) is 0 Å². The third-order valence-corrected chi connectivity index (χ3v) is 19.0. The summed E-state index contributed by atoms with van der Waals surface area (Å²) < 4.78 is 0. The Balaban J connectivity index is 1.13. The molecule has 0 fully saturated rings. The Hall–Kier alpha value is -5.66. The molecule has 0 bridgehead atoms. The molecule has 8 aromatic rings. The Morgan fingerprint density at radius 1 is 0.352 bits per heavy atom. The molecule has 0 aromatic heterocycles. The Morgan fingerprint density at radius 2 is 0.722 bits per heavy atom. The van der Waals surface area contributed by atoms with Gasteiger partial charge in [-0.25, -0.2) is 0 Å². The lowest BCUT2D eigenvalue weighted by Gasteiger charge is -2.50. The SMILES string of the molecule is c1ccc(N2c3ccccc3[Si]3(c4ccccc42)c2ccccc2N(c2cc4c5c(c2)Sc2ccccc2B5c2ccccc2S4)c2ccccc23)cc1. The van der Waals surface area contributed by atoms with Crippen molar-refractivity contribution in [1.82, 2.24) is 0 Å². The van der Waals surface area contributed by atoms with E-state index in [0.29, 0.717) is 0 Å². The molecule has 6 heteroatoms. The maximum atomic E-state index is 2.58. The number of hydrogen-bond donors (Lipinski definition) is 0. The molecule has 12 rings (SSSR count). The van der Waals surface area contributed by atoms with Crippen LogP contribution in [-0.4, -0.2) is 14.8 Å². The monoisotopic (exact) mass is 738 g/mol. The lowest BCUT2D eigenvalue weighted by Crippen LogP contribution is -2.79. The van der Waals surface area contributed by atoms with Crippen molar-refractivity contribution in [2.24, 2.45) is 0 Å². The standard InChI is InChI=1S/C48H31BN2S2Si/c1-2-16-32(17-3-1)50-36-20-6-12-26-44(36)54(45-27-13-7-21-37(45)50)46-28-14-8-22-38(46)51(39-23-9-15-29-47(39)54)33-30-42-48-43(31-33)53-41-25-11-5-19-35(41)49(48)34-18-4-10-24-40(34)52-42/h1-31H. The fourth-order valence-electron chi connectivity index (χ4n) is 9.72. The molecule has 4 heterocycles. The summed E-state index contributed by atoms with van der Waals surface area (Å²) in [5, 5.41) is 5.71. The van der Waals surface area contributed by atoms with Gasteiger partial charge < -0.3 is 9.80 Å². The molecule has 8 aromatic carbocycles. The number of nitrogens with zero attached hydrogens (tertiary/aromatic N) is 2. The van der Waals surface area contributed by atoms with Gasteiger partial charge in [-0.1, -0.05) is 162 Å². The average molecular weight is 739 g/mol. The highest BCUT2D eigenvalue weighted by atomic mass is 32.2. The zero-order valence-electron chi connectivity index (χ0n) is 29.2. The maximum absolute atomic E-state index is 2.84. The van der Waals surface area contributed by atoms with E-state index in [1.807, 2.05) is 23.5 Å². The lowest BCUT2D eigenvalue weighted by molar-refractivity contribution is 1.23. The predicted octanol–water partition coefficient (Wildman–Crippen LogP) is 8.08. The predicted molar refractivity (Wildman–Crippen MR) is 232 cm³/mol. The van der Waals surface area contributed by atoms with Gasteiger partial charge in [0.2, 0.25) is 6.71 Å². The van der Waals surface area contributed by atoms with E-state index in [1.54, 1.807) is 0 Å². The van der Waals surface area contributed by atoms with Crippen LogP contribution >= 0.6 is 23.5 Å². The molecule has 4 aliphatic rings. The Morgan fingerprint density at radius 3 is 1.19 bits per heavy atom. The normalized spacial score (nSPS) is 14.9. The first-order chi connectivity index (χ1) is 26.8. The largest absolute Gasteiger partial charge is 0.311 e. The summed E-state index contributed by atoms with van der Waals surface area (Å²) in [6, 6.07) is 70.9. The van der Waals surface area contributed by atoms with E-state index in [2.05, 4.69) is 198 Å². The van der Waals surface area contributed by atoms with E-state index in [1.165, 1.54) is 90.8 Å². The van der Waals surface area contributed by atoms with Gasteiger partial charge in [-0.3, -0.25) is 0 Å². The Labute approximate surface area is 325 Å². The topological polar surface area (TPSA) is 6.48 Å². The number of anilines is 6. The molecule has 0 N–H and O–H groups in total. The maximum Gasteiger partial charge on any atom is 0.247 e. The van der Waals surface area contributed by atoms with Gasteiger partial charge in [0, 0.05) is 53.7 Å². The van der Waals surface area contributed by atoms with E-state index in [-0.39, 0.29) is 6.71 Å². The van der Waals surface area contributed by atoms with E-state index in [9.17, 15) is 0 Å². The number of para-hydroxylation sites is 5. The van der Waals surface area contributed by atoms with E-state index in [4.69, 9.17) is 0 Å². The lowest BCUT2D eigenvalue weighted by atomic mass is 9.36. The second-order valence-corrected chi connectivity index (χ2v) is 20.2. The van der Waals surface area contributed by atoms with Gasteiger partial charge in [0.15, 0.2) is 8.07 Å². The zero-order chi connectivity index (χ0) is 35.4. The first-order valence-corrected chi connectivity index (χ1v) is 22.2. The van der Waals surface area contributed by atoms with E-state index >= 15 is 0 Å². The minimum absolute atomic E-state index is 0.235. The fourth-order valence-corrected chi connectivity index (χ4v) is 17.6. The quantitative estimate of drug-likeness (QED) is 0.166. The molecule has 0 saturated heterocycles. The zero-order valence-corrected chi connectivity index (χ0v) is 31.8. The van der Waals surface area contributed by atoms with Crippen LogP contribution in [0.25, 0.3) is 0 Å². The highest BCUT2D eigenvalue weighted by Gasteiger charge is 2.54. The van der Waals surface area contributed by atoms with Crippen LogP contribution in [0, 0.1) is 0 Å². The Kier molecular flexibility index (Phi) is 6.65. The van der Waals surface area contributed by atoms with Crippen molar-refractivity contribution in [1.29, 1.82) is 0 Å². The first kappa shape index (κ1) is 30.8. The molecule has 0 aliphatic carbocycles. The molecular weight excluding hydrogens is 708 g/mol. The minimum Gasteiger partial charge on any atom is -0.311 e. The van der Waals surface area contributed by atoms with Crippen molar-refractivity contribution in [3.63, 3.8) is 0 Å². The molecule has 2 nitrogen and oxygen atoms in total. The van der Waals surface area contributed by atoms with Crippen LogP contribution in [0.4, 0.5) is 34.1 Å². The summed E-state index contributed by atoms with van der Waals surface area (Å²) in [5.41, 5.74) is 11.7. The minimum atomic E-state index is -2.84. The second kappa shape index (κ2) is 11.7. The summed E-state index contributed by atoms with van der Waals surface area (Å²) in [7, 11) is -2.84. The molecule has 0 unspecified atom stereocenters. The van der Waals surface area contributed by atoms with Gasteiger partial charge in [-0.15, -0.1) is 0 Å². The number of rotatable bonds is 2. The van der Waals surface area contributed by atoms with Crippen LogP contribution in [0.15, 0.2) is 208 Å². The molecule has 0 atom stereocenters. The van der Waals surface area contributed by atoms with Crippen LogP contribution < -0.4 is 46.9 Å². The highest BCUT2D eigenvalue weighted by Crippen LogP contribution is 2.47. The van der Waals surface area contributed by atoms with Gasteiger partial charge >= 0.3 is 0 Å². The van der Waals surface area contributed by atoms with Crippen LogP contribution in [0.3, 0.4) is 0 Å². The van der Waals surface area contributed by atoms with Crippen molar-refractivity contribution in [3.8, 4) is 0 Å². The fraction of sp³-hybridized carbons (Fsp3) is 0. The Bertz CT molecular complexity index is 2670. The average Bonchev–Trinajstić information content (AvgIpc) is 3.23. The number of fused-ring (bicyclic) bond motifs is 12. The summed E-state index contributed by atoms with van der Waals surface area (Å²) in [6.45, 7) is 0.235. The molecule has 4 aliphatic heterocycles. The van der Waals surface area contributed by atoms with Crippen molar-refractivity contribution >= 4 is 110 Å². The summed E-state index contributed by atoms with van der Waals surface area (Å²) in [5.74, 6) is 0. The van der Waals surface area contributed by atoms with Crippen LogP contribution in [0.2, 0.25) is 0 Å². The third kappa shape index (κ3) is 4.11. The molecule has 0 saturated carbocycles. The van der Waals surface area contributed by atoms with Crippen molar-refractivity contribution in [2.75, 3.05) is 9.80 Å². The van der Waals surface area contributed by atoms with Gasteiger partial charge in [0.05, 0.1) is 0 Å². The summed E-state index contributed by atoms with van der Waals surface area (Å²) in [6.07, 6.45) is 0. The van der Waals surface area contributed by atoms with Crippen molar-refractivity contribution in [3.05, 3.63) is 188 Å². The summed E-state index contributed by atoms with van der Waals surface area (Å²) in [4.78, 5) is 10.5. The second-order valence-electron chi connectivity index (χ2n) is 14.4. The van der Waals surface area contributed by atoms with Gasteiger partial charge in [-0.05, 0) is 86.9 Å². The number of hydrogen-bond acceptors (Lipinski definition) is 4. The molecule has 0 amide bonds. The third-order valence-electron chi connectivity index (χ3n) is 11.7. The molecule has 252 valence electrons. The van der Waals surface area contributed by atoms with Crippen LogP contribution in [-0.2, 0) is 0 Å².